The van der Waals surface area contributed by atoms with E-state index in [1.165, 1.54) is 6.07 Å². The molecule has 0 bridgehead atoms. The molecular weight excluding hydrogens is 332 g/mol. The van der Waals surface area contributed by atoms with Crippen molar-refractivity contribution in [1.82, 2.24) is 9.97 Å². The molecule has 0 unspecified atom stereocenters. The van der Waals surface area contributed by atoms with Gasteiger partial charge in [-0.2, -0.15) is 0 Å². The van der Waals surface area contributed by atoms with Gasteiger partial charge in [-0.3, -0.25) is 10.1 Å². The number of nitrogens with one attached hydrogen (secondary N) is 2. The van der Waals surface area contributed by atoms with E-state index in [-0.39, 0.29) is 17.3 Å². The second-order valence-electron chi connectivity index (χ2n) is 4.92. The SMILES string of the molecule is O=[N+]([O-])c1c(Nc2ccccc2)ncnc1Nc1ccc(F)c(F)c1. The molecule has 0 radical (unpaired) electrons. The Morgan fingerprint density at radius 2 is 1.52 bits per heavy atom. The average Bonchev–Trinajstić information content (AvgIpc) is 2.59. The van der Waals surface area contributed by atoms with E-state index in [2.05, 4.69) is 20.6 Å². The minimum atomic E-state index is -1.08. The van der Waals surface area contributed by atoms with E-state index in [9.17, 15) is 18.9 Å². The lowest BCUT2D eigenvalue weighted by Crippen LogP contribution is -2.05. The largest absolute Gasteiger partial charge is 0.353 e. The van der Waals surface area contributed by atoms with E-state index in [4.69, 9.17) is 0 Å². The quantitative estimate of drug-likeness (QED) is 0.534. The van der Waals surface area contributed by atoms with E-state index in [0.717, 1.165) is 18.5 Å². The molecule has 7 nitrogen and oxygen atoms in total. The van der Waals surface area contributed by atoms with Crippen LogP contribution in [0.25, 0.3) is 0 Å². The van der Waals surface area contributed by atoms with Crippen molar-refractivity contribution >= 4 is 28.7 Å². The number of nitrogens with zero attached hydrogens (tertiary/aromatic N) is 3. The third kappa shape index (κ3) is 3.66. The highest BCUT2D eigenvalue weighted by Gasteiger charge is 2.23. The van der Waals surface area contributed by atoms with Gasteiger partial charge in [0, 0.05) is 17.4 Å². The minimum Gasteiger partial charge on any atom is -0.334 e. The van der Waals surface area contributed by atoms with Crippen LogP contribution in [0, 0.1) is 21.7 Å². The number of benzene rings is 2. The summed E-state index contributed by atoms with van der Waals surface area (Å²) in [6, 6.07) is 11.8. The lowest BCUT2D eigenvalue weighted by atomic mass is 10.3. The summed E-state index contributed by atoms with van der Waals surface area (Å²) < 4.78 is 26.3. The Balaban J connectivity index is 1.97. The van der Waals surface area contributed by atoms with Gasteiger partial charge >= 0.3 is 5.69 Å². The molecular formula is C16H11F2N5O2. The molecule has 0 aliphatic heterocycles. The smallest absolute Gasteiger partial charge is 0.334 e. The van der Waals surface area contributed by atoms with Crippen LogP contribution in [0.2, 0.25) is 0 Å². The van der Waals surface area contributed by atoms with Gasteiger partial charge in [0.15, 0.2) is 11.6 Å². The molecule has 9 heteroatoms. The summed E-state index contributed by atoms with van der Waals surface area (Å²) >= 11 is 0. The molecule has 126 valence electrons. The standard InChI is InChI=1S/C16H11F2N5O2/c17-12-7-6-11(8-13(12)18)22-16-14(23(24)25)15(19-9-20-16)21-10-4-2-1-3-5-10/h1-9H,(H2,19,20,21,22). The van der Waals surface area contributed by atoms with Crippen LogP contribution in [-0.4, -0.2) is 14.9 Å². The molecule has 0 aliphatic rings. The van der Waals surface area contributed by atoms with Gasteiger partial charge in [0.2, 0.25) is 11.6 Å². The molecule has 2 aromatic carbocycles. The van der Waals surface area contributed by atoms with Gasteiger partial charge in [0.1, 0.15) is 6.33 Å². The Labute approximate surface area is 140 Å². The van der Waals surface area contributed by atoms with Crippen molar-refractivity contribution in [2.24, 2.45) is 0 Å². The first-order valence-corrected chi connectivity index (χ1v) is 7.08. The lowest BCUT2D eigenvalue weighted by Gasteiger charge is -2.10. The highest BCUT2D eigenvalue weighted by Crippen LogP contribution is 2.33. The molecule has 0 spiro atoms. The van der Waals surface area contributed by atoms with Crippen LogP contribution in [0.4, 0.5) is 37.5 Å². The summed E-state index contributed by atoms with van der Waals surface area (Å²) in [7, 11) is 0. The number of halogens is 2. The first-order valence-electron chi connectivity index (χ1n) is 7.08. The zero-order valence-electron chi connectivity index (χ0n) is 12.6. The third-order valence-corrected chi connectivity index (χ3v) is 3.22. The van der Waals surface area contributed by atoms with E-state index < -0.39 is 22.2 Å². The number of rotatable bonds is 5. The van der Waals surface area contributed by atoms with Gasteiger partial charge in [0.25, 0.3) is 0 Å². The van der Waals surface area contributed by atoms with Gasteiger partial charge in [-0.25, -0.2) is 18.7 Å². The maximum Gasteiger partial charge on any atom is 0.353 e. The summed E-state index contributed by atoms with van der Waals surface area (Å²) in [5.41, 5.74) is 0.297. The number of aromatic nitrogens is 2. The van der Waals surface area contributed by atoms with Gasteiger partial charge in [-0.05, 0) is 24.3 Å². The maximum atomic E-state index is 13.3. The summed E-state index contributed by atoms with van der Waals surface area (Å²) in [6.45, 7) is 0. The predicted octanol–water partition coefficient (Wildman–Crippen LogP) is 4.15. The molecule has 0 saturated carbocycles. The molecule has 1 heterocycles. The molecule has 1 aromatic heterocycles. The first kappa shape index (κ1) is 16.2. The second kappa shape index (κ2) is 6.87. The molecule has 0 atom stereocenters. The second-order valence-corrected chi connectivity index (χ2v) is 4.92. The van der Waals surface area contributed by atoms with Crippen molar-refractivity contribution in [2.45, 2.75) is 0 Å². The van der Waals surface area contributed by atoms with E-state index in [0.29, 0.717) is 5.69 Å². The van der Waals surface area contributed by atoms with Gasteiger partial charge in [-0.1, -0.05) is 18.2 Å². The van der Waals surface area contributed by atoms with Crippen LogP contribution in [0.3, 0.4) is 0 Å². The normalized spacial score (nSPS) is 10.3. The lowest BCUT2D eigenvalue weighted by molar-refractivity contribution is -0.383. The molecule has 2 N–H and O–H groups in total. The summed E-state index contributed by atoms with van der Waals surface area (Å²) in [4.78, 5) is 18.5. The van der Waals surface area contributed by atoms with Crippen molar-refractivity contribution in [3.63, 3.8) is 0 Å². The van der Waals surface area contributed by atoms with Crippen molar-refractivity contribution < 1.29 is 13.7 Å². The summed E-state index contributed by atoms with van der Waals surface area (Å²) in [6.07, 6.45) is 1.13. The number of nitro groups is 1. The Bertz CT molecular complexity index is 922. The molecule has 25 heavy (non-hydrogen) atoms. The molecule has 0 fully saturated rings. The van der Waals surface area contributed by atoms with Gasteiger partial charge < -0.3 is 10.6 Å². The molecule has 0 amide bonds. The Morgan fingerprint density at radius 1 is 0.880 bits per heavy atom. The third-order valence-electron chi connectivity index (χ3n) is 3.22. The van der Waals surface area contributed by atoms with Crippen molar-refractivity contribution in [2.75, 3.05) is 10.6 Å². The minimum absolute atomic E-state index is 0.0312. The van der Waals surface area contributed by atoms with Crippen LogP contribution in [-0.2, 0) is 0 Å². The Hall–Kier alpha value is -3.62. The van der Waals surface area contributed by atoms with Crippen LogP contribution in [0.5, 0.6) is 0 Å². The van der Waals surface area contributed by atoms with E-state index in [1.54, 1.807) is 30.3 Å². The van der Waals surface area contributed by atoms with Crippen LogP contribution < -0.4 is 10.6 Å². The Morgan fingerprint density at radius 3 is 2.12 bits per heavy atom. The average molecular weight is 343 g/mol. The molecule has 0 aliphatic carbocycles. The fourth-order valence-electron chi connectivity index (χ4n) is 2.10. The molecule has 3 aromatic rings. The highest BCUT2D eigenvalue weighted by atomic mass is 19.2. The number of para-hydroxylation sites is 1. The fraction of sp³-hybridized carbons (Fsp3) is 0. The van der Waals surface area contributed by atoms with Crippen molar-refractivity contribution in [3.8, 4) is 0 Å². The van der Waals surface area contributed by atoms with Crippen molar-refractivity contribution in [1.29, 1.82) is 0 Å². The highest BCUT2D eigenvalue weighted by molar-refractivity contribution is 5.76. The zero-order valence-corrected chi connectivity index (χ0v) is 12.6. The van der Waals surface area contributed by atoms with Crippen LogP contribution in [0.15, 0.2) is 54.9 Å². The van der Waals surface area contributed by atoms with Gasteiger partial charge in [-0.15, -0.1) is 0 Å². The summed E-state index contributed by atoms with van der Waals surface area (Å²) in [5, 5.41) is 16.9. The number of hydrogen-bond acceptors (Lipinski definition) is 6. The number of anilines is 4. The first-order chi connectivity index (χ1) is 12.0. The number of hydrogen-bond donors (Lipinski definition) is 2. The van der Waals surface area contributed by atoms with E-state index in [1.807, 2.05) is 0 Å². The molecule has 0 saturated heterocycles. The maximum absolute atomic E-state index is 13.3. The van der Waals surface area contributed by atoms with Crippen molar-refractivity contribution in [3.05, 3.63) is 76.6 Å². The Kier molecular flexibility index (Phi) is 4.46. The topological polar surface area (TPSA) is 93.0 Å². The fourth-order valence-corrected chi connectivity index (χ4v) is 2.10. The zero-order chi connectivity index (χ0) is 17.8. The molecule has 3 rings (SSSR count). The van der Waals surface area contributed by atoms with Crippen LogP contribution in [0.1, 0.15) is 0 Å². The predicted molar refractivity (Wildman–Crippen MR) is 88.1 cm³/mol. The monoisotopic (exact) mass is 343 g/mol. The van der Waals surface area contributed by atoms with Gasteiger partial charge in [0.05, 0.1) is 4.92 Å². The summed E-state index contributed by atoms with van der Waals surface area (Å²) in [5.74, 6) is -2.28. The van der Waals surface area contributed by atoms with E-state index >= 15 is 0 Å². The van der Waals surface area contributed by atoms with Crippen LogP contribution >= 0.6 is 0 Å².